The first-order chi connectivity index (χ1) is 6.41. The van der Waals surface area contributed by atoms with Crippen molar-refractivity contribution in [3.05, 3.63) is 24.3 Å². The summed E-state index contributed by atoms with van der Waals surface area (Å²) >= 11 is 0. The van der Waals surface area contributed by atoms with E-state index in [0.717, 1.165) is 11.1 Å². The van der Waals surface area contributed by atoms with E-state index < -0.39 is 0 Å². The first-order valence-corrected chi connectivity index (χ1v) is 4.95. The van der Waals surface area contributed by atoms with E-state index in [0.29, 0.717) is 13.0 Å². The monoisotopic (exact) mass is 194 g/mol. The third kappa shape index (κ3) is 1.61. The molecule has 0 aromatic heterocycles. The molecule has 1 aliphatic rings. The second-order valence-electron chi connectivity index (χ2n) is 4.31. The molecule has 1 atom stereocenters. The van der Waals surface area contributed by atoms with Crippen molar-refractivity contribution in [3.8, 4) is 0 Å². The van der Waals surface area contributed by atoms with Crippen molar-refractivity contribution in [2.24, 2.45) is 11.3 Å². The Morgan fingerprint density at radius 3 is 2.50 bits per heavy atom. The number of rotatable bonds is 2. The second-order valence-corrected chi connectivity index (χ2v) is 4.31. The van der Waals surface area contributed by atoms with Gasteiger partial charge in [0.05, 0.1) is 12.5 Å². The Kier molecular flexibility index (Phi) is 2.84. The van der Waals surface area contributed by atoms with Crippen LogP contribution in [0.1, 0.15) is 27.2 Å². The van der Waals surface area contributed by atoms with Gasteiger partial charge in [-0.05, 0) is 18.9 Å². The number of carbonyl (C=O) groups excluding carboxylic acids is 1. The van der Waals surface area contributed by atoms with Crippen LogP contribution in [0.5, 0.6) is 0 Å². The molecule has 1 fully saturated rings. The molecule has 1 saturated carbocycles. The summed E-state index contributed by atoms with van der Waals surface area (Å²) in [5, 5.41) is 0. The topological polar surface area (TPSA) is 26.3 Å². The fourth-order valence-corrected chi connectivity index (χ4v) is 1.91. The smallest absolute Gasteiger partial charge is 0.310 e. The van der Waals surface area contributed by atoms with Crippen LogP contribution in [0.4, 0.5) is 0 Å². The molecule has 0 heterocycles. The molecule has 0 saturated heterocycles. The molecule has 2 heteroatoms. The van der Waals surface area contributed by atoms with E-state index in [1.54, 1.807) is 0 Å². The normalized spacial score (nSPS) is 25.2. The van der Waals surface area contributed by atoms with Crippen molar-refractivity contribution in [1.82, 2.24) is 0 Å². The van der Waals surface area contributed by atoms with E-state index in [2.05, 4.69) is 13.2 Å². The van der Waals surface area contributed by atoms with Crippen LogP contribution in [0, 0.1) is 11.3 Å². The Hall–Kier alpha value is -1.05. The summed E-state index contributed by atoms with van der Waals surface area (Å²) in [5.41, 5.74) is 1.76. The fraction of sp³-hybridized carbons (Fsp3) is 0.583. The van der Waals surface area contributed by atoms with Crippen molar-refractivity contribution in [2.75, 3.05) is 6.61 Å². The van der Waals surface area contributed by atoms with Gasteiger partial charge in [-0.15, -0.1) is 0 Å². The summed E-state index contributed by atoms with van der Waals surface area (Å²) in [6, 6.07) is 0. The van der Waals surface area contributed by atoms with E-state index in [-0.39, 0.29) is 17.3 Å². The van der Waals surface area contributed by atoms with Crippen molar-refractivity contribution in [1.29, 1.82) is 0 Å². The summed E-state index contributed by atoms with van der Waals surface area (Å²) in [6.07, 6.45) is 0.685. The maximum absolute atomic E-state index is 11.6. The molecule has 1 unspecified atom stereocenters. The van der Waals surface area contributed by atoms with Gasteiger partial charge in [0.15, 0.2) is 0 Å². The van der Waals surface area contributed by atoms with Gasteiger partial charge in [0.1, 0.15) is 0 Å². The molecule has 0 radical (unpaired) electrons. The lowest BCUT2D eigenvalue weighted by atomic mass is 9.79. The zero-order chi connectivity index (χ0) is 10.9. The van der Waals surface area contributed by atoms with E-state index in [1.165, 1.54) is 0 Å². The number of ether oxygens (including phenoxy) is 1. The van der Waals surface area contributed by atoms with Gasteiger partial charge in [-0.3, -0.25) is 4.79 Å². The van der Waals surface area contributed by atoms with Gasteiger partial charge in [0, 0.05) is 5.41 Å². The highest BCUT2D eigenvalue weighted by Gasteiger charge is 2.44. The van der Waals surface area contributed by atoms with Crippen LogP contribution in [0.3, 0.4) is 0 Å². The number of hydrogen-bond donors (Lipinski definition) is 0. The van der Waals surface area contributed by atoms with Crippen molar-refractivity contribution < 1.29 is 9.53 Å². The molecule has 78 valence electrons. The predicted octanol–water partition coefficient (Wildman–Crippen LogP) is 2.71. The van der Waals surface area contributed by atoms with Crippen LogP contribution in [0.2, 0.25) is 0 Å². The highest BCUT2D eigenvalue weighted by atomic mass is 16.5. The highest BCUT2D eigenvalue weighted by Crippen LogP contribution is 2.48. The SMILES string of the molecule is C=C1CC(C(=O)OCC)C(C)(C)C1=C. The first-order valence-electron chi connectivity index (χ1n) is 4.95. The van der Waals surface area contributed by atoms with Crippen molar-refractivity contribution >= 4 is 5.97 Å². The standard InChI is InChI=1S/C12H18O2/c1-6-14-11(13)10-7-8(2)9(3)12(10,4)5/h10H,2-3,6-7H2,1,4-5H3. The minimum Gasteiger partial charge on any atom is -0.466 e. The van der Waals surface area contributed by atoms with Crippen LogP contribution < -0.4 is 0 Å². The summed E-state index contributed by atoms with van der Waals surface area (Å²) in [4.78, 5) is 11.6. The number of allylic oxidation sites excluding steroid dienone is 2. The van der Waals surface area contributed by atoms with E-state index in [4.69, 9.17) is 4.74 Å². The Bertz CT molecular complexity index is 287. The average molecular weight is 194 g/mol. The van der Waals surface area contributed by atoms with Gasteiger partial charge in [-0.1, -0.05) is 32.6 Å². The van der Waals surface area contributed by atoms with E-state index in [9.17, 15) is 4.79 Å². The summed E-state index contributed by atoms with van der Waals surface area (Å²) in [7, 11) is 0. The summed E-state index contributed by atoms with van der Waals surface area (Å²) < 4.78 is 5.04. The second kappa shape index (κ2) is 3.60. The maximum atomic E-state index is 11.6. The first kappa shape index (κ1) is 11.0. The zero-order valence-electron chi connectivity index (χ0n) is 9.22. The van der Waals surface area contributed by atoms with Gasteiger partial charge < -0.3 is 4.74 Å². The molecule has 2 nitrogen and oxygen atoms in total. The van der Waals surface area contributed by atoms with Gasteiger partial charge >= 0.3 is 5.97 Å². The quantitative estimate of drug-likeness (QED) is 0.632. The van der Waals surface area contributed by atoms with E-state index in [1.807, 2.05) is 20.8 Å². The highest BCUT2D eigenvalue weighted by molar-refractivity contribution is 5.76. The van der Waals surface area contributed by atoms with Crippen LogP contribution >= 0.6 is 0 Å². The van der Waals surface area contributed by atoms with Gasteiger partial charge in [-0.2, -0.15) is 0 Å². The minimum atomic E-state index is -0.205. The average Bonchev–Trinajstić information content (AvgIpc) is 2.30. The molecule has 0 aromatic carbocycles. The molecule has 0 spiro atoms. The molecule has 0 aliphatic heterocycles. The van der Waals surface area contributed by atoms with Crippen LogP contribution in [0.25, 0.3) is 0 Å². The lowest BCUT2D eigenvalue weighted by Crippen LogP contribution is -2.28. The van der Waals surface area contributed by atoms with Crippen LogP contribution in [0.15, 0.2) is 24.3 Å². The van der Waals surface area contributed by atoms with Crippen LogP contribution in [-0.2, 0) is 9.53 Å². The largest absolute Gasteiger partial charge is 0.466 e. The van der Waals surface area contributed by atoms with Crippen LogP contribution in [-0.4, -0.2) is 12.6 Å². The molecule has 0 aromatic rings. The van der Waals surface area contributed by atoms with Gasteiger partial charge in [-0.25, -0.2) is 0 Å². The Morgan fingerprint density at radius 2 is 2.14 bits per heavy atom. The zero-order valence-corrected chi connectivity index (χ0v) is 9.22. The van der Waals surface area contributed by atoms with E-state index >= 15 is 0 Å². The lowest BCUT2D eigenvalue weighted by Gasteiger charge is -2.25. The van der Waals surface area contributed by atoms with Crippen molar-refractivity contribution in [2.45, 2.75) is 27.2 Å². The number of carbonyl (C=O) groups is 1. The Morgan fingerprint density at radius 1 is 1.57 bits per heavy atom. The Labute approximate surface area is 85.6 Å². The van der Waals surface area contributed by atoms with Crippen molar-refractivity contribution in [3.63, 3.8) is 0 Å². The molecule has 0 bridgehead atoms. The molecule has 14 heavy (non-hydrogen) atoms. The molecule has 0 N–H and O–H groups in total. The Balaban J connectivity index is 2.87. The molecule has 1 rings (SSSR count). The molecule has 0 amide bonds. The lowest BCUT2D eigenvalue weighted by molar-refractivity contribution is -0.150. The summed E-state index contributed by atoms with van der Waals surface area (Å²) in [5.74, 6) is -0.236. The minimum absolute atomic E-state index is 0.109. The summed E-state index contributed by atoms with van der Waals surface area (Å²) in [6.45, 7) is 14.2. The molecular formula is C12H18O2. The van der Waals surface area contributed by atoms with Gasteiger partial charge in [0.25, 0.3) is 0 Å². The number of hydrogen-bond acceptors (Lipinski definition) is 2. The number of esters is 1. The van der Waals surface area contributed by atoms with Gasteiger partial charge in [0.2, 0.25) is 0 Å². The predicted molar refractivity (Wildman–Crippen MR) is 56.8 cm³/mol. The molecular weight excluding hydrogens is 176 g/mol. The maximum Gasteiger partial charge on any atom is 0.310 e. The third-order valence-corrected chi connectivity index (χ3v) is 3.10. The molecule has 1 aliphatic carbocycles. The fourth-order valence-electron chi connectivity index (χ4n) is 1.91. The third-order valence-electron chi connectivity index (χ3n) is 3.10.